The van der Waals surface area contributed by atoms with Gasteiger partial charge in [-0.25, -0.2) is 4.79 Å². The topological polar surface area (TPSA) is 79.9 Å². The molecule has 23 heavy (non-hydrogen) atoms. The average Bonchev–Trinajstić information content (AvgIpc) is 2.87. The van der Waals surface area contributed by atoms with Crippen LogP contribution in [0.2, 0.25) is 0 Å². The van der Waals surface area contributed by atoms with Gasteiger partial charge in [-0.3, -0.25) is 4.79 Å². The number of carbonyl (C=O) groups is 2. The van der Waals surface area contributed by atoms with E-state index < -0.39 is 0 Å². The lowest BCUT2D eigenvalue weighted by atomic mass is 10.2. The molecule has 1 aliphatic rings. The Bertz CT molecular complexity index is 547. The number of benzene rings is 1. The molecule has 1 heterocycles. The molecule has 1 aliphatic heterocycles. The number of hydrogen-bond donors (Lipinski definition) is 2. The van der Waals surface area contributed by atoms with E-state index in [2.05, 4.69) is 10.6 Å². The van der Waals surface area contributed by atoms with Gasteiger partial charge in [0.25, 0.3) is 0 Å². The Morgan fingerprint density at radius 1 is 1.35 bits per heavy atom. The molecule has 3 amide bonds. The number of anilines is 1. The minimum atomic E-state index is -0.288. The molecule has 7 heteroatoms. The zero-order valence-electron chi connectivity index (χ0n) is 13.7. The molecule has 1 saturated heterocycles. The highest BCUT2D eigenvalue weighted by Gasteiger charge is 2.31. The largest absolute Gasteiger partial charge is 0.497 e. The molecule has 0 bridgehead atoms. The number of hydrogen-bond acceptors (Lipinski definition) is 4. The van der Waals surface area contributed by atoms with Crippen LogP contribution in [-0.2, 0) is 9.53 Å². The number of amides is 3. The standard InChI is InChI=1S/C16H23N3O4/c1-11(10-22-2)17-16(21)18-12-8-15(20)19(9-12)13-4-6-14(23-3)7-5-13/h4-7,11-12H,8-10H2,1-3H3,(H2,17,18,21). The fourth-order valence-corrected chi connectivity index (χ4v) is 2.56. The first-order chi connectivity index (χ1) is 11.0. The second-order valence-electron chi connectivity index (χ2n) is 5.58. The third kappa shape index (κ3) is 4.59. The van der Waals surface area contributed by atoms with Crippen molar-refractivity contribution in [3.8, 4) is 5.75 Å². The molecule has 1 aromatic rings. The van der Waals surface area contributed by atoms with Gasteiger partial charge < -0.3 is 25.0 Å². The molecule has 0 aliphatic carbocycles. The maximum absolute atomic E-state index is 12.1. The molecule has 2 atom stereocenters. The SMILES string of the molecule is COCC(C)NC(=O)NC1CC(=O)N(c2ccc(OC)cc2)C1. The van der Waals surface area contributed by atoms with Crippen molar-refractivity contribution in [1.29, 1.82) is 0 Å². The molecule has 7 nitrogen and oxygen atoms in total. The van der Waals surface area contributed by atoms with E-state index in [1.165, 1.54) is 0 Å². The van der Waals surface area contributed by atoms with Crippen LogP contribution in [-0.4, -0.2) is 51.4 Å². The summed E-state index contributed by atoms with van der Waals surface area (Å²) >= 11 is 0. The molecule has 2 unspecified atom stereocenters. The summed E-state index contributed by atoms with van der Waals surface area (Å²) in [5, 5.41) is 5.60. The molecular weight excluding hydrogens is 298 g/mol. The first-order valence-corrected chi connectivity index (χ1v) is 7.54. The van der Waals surface area contributed by atoms with Gasteiger partial charge in [-0.05, 0) is 31.2 Å². The van der Waals surface area contributed by atoms with Crippen LogP contribution < -0.4 is 20.3 Å². The molecular formula is C16H23N3O4. The predicted molar refractivity (Wildman–Crippen MR) is 86.8 cm³/mol. The highest BCUT2D eigenvalue weighted by molar-refractivity contribution is 5.96. The fraction of sp³-hybridized carbons (Fsp3) is 0.500. The van der Waals surface area contributed by atoms with Gasteiger partial charge in [0.2, 0.25) is 5.91 Å². The third-order valence-corrected chi connectivity index (χ3v) is 3.64. The summed E-state index contributed by atoms with van der Waals surface area (Å²) in [5.74, 6) is 0.729. The van der Waals surface area contributed by atoms with Gasteiger partial charge in [-0.15, -0.1) is 0 Å². The van der Waals surface area contributed by atoms with Crippen molar-refractivity contribution in [1.82, 2.24) is 10.6 Å². The van der Waals surface area contributed by atoms with Crippen molar-refractivity contribution in [2.24, 2.45) is 0 Å². The summed E-state index contributed by atoms with van der Waals surface area (Å²) in [6.45, 7) is 2.75. The summed E-state index contributed by atoms with van der Waals surface area (Å²) in [5.41, 5.74) is 0.799. The van der Waals surface area contributed by atoms with Gasteiger partial charge in [-0.1, -0.05) is 0 Å². The van der Waals surface area contributed by atoms with E-state index >= 15 is 0 Å². The Balaban J connectivity index is 1.90. The van der Waals surface area contributed by atoms with E-state index in [1.807, 2.05) is 31.2 Å². The fourth-order valence-electron chi connectivity index (χ4n) is 2.56. The monoisotopic (exact) mass is 321 g/mol. The minimum absolute atomic E-state index is 0.00888. The van der Waals surface area contributed by atoms with Gasteiger partial charge in [-0.2, -0.15) is 0 Å². The highest BCUT2D eigenvalue weighted by atomic mass is 16.5. The molecule has 0 saturated carbocycles. The second-order valence-corrected chi connectivity index (χ2v) is 5.58. The zero-order valence-corrected chi connectivity index (χ0v) is 13.7. The Morgan fingerprint density at radius 3 is 2.65 bits per heavy atom. The van der Waals surface area contributed by atoms with E-state index in [9.17, 15) is 9.59 Å². The molecule has 1 aromatic carbocycles. The number of urea groups is 1. The van der Waals surface area contributed by atoms with Crippen LogP contribution >= 0.6 is 0 Å². The van der Waals surface area contributed by atoms with Gasteiger partial charge >= 0.3 is 6.03 Å². The minimum Gasteiger partial charge on any atom is -0.497 e. The number of nitrogens with zero attached hydrogens (tertiary/aromatic N) is 1. The normalized spacial score (nSPS) is 18.7. The van der Waals surface area contributed by atoms with E-state index in [4.69, 9.17) is 9.47 Å². The first kappa shape index (κ1) is 17.1. The first-order valence-electron chi connectivity index (χ1n) is 7.54. The molecule has 1 fully saturated rings. The Morgan fingerprint density at radius 2 is 2.04 bits per heavy atom. The van der Waals surface area contributed by atoms with Crippen molar-refractivity contribution in [3.63, 3.8) is 0 Å². The quantitative estimate of drug-likeness (QED) is 0.823. The number of carbonyl (C=O) groups excluding carboxylic acids is 2. The summed E-state index contributed by atoms with van der Waals surface area (Å²) in [6.07, 6.45) is 0.290. The highest BCUT2D eigenvalue weighted by Crippen LogP contribution is 2.24. The molecule has 2 N–H and O–H groups in total. The van der Waals surface area contributed by atoms with E-state index in [1.54, 1.807) is 19.1 Å². The number of nitrogens with one attached hydrogen (secondary N) is 2. The second kappa shape index (κ2) is 7.82. The van der Waals surface area contributed by atoms with Gasteiger partial charge in [0.15, 0.2) is 0 Å². The maximum Gasteiger partial charge on any atom is 0.315 e. The Hall–Kier alpha value is -2.28. The number of ether oxygens (including phenoxy) is 2. The number of rotatable bonds is 6. The van der Waals surface area contributed by atoms with Crippen LogP contribution in [0.1, 0.15) is 13.3 Å². The summed E-state index contributed by atoms with van der Waals surface area (Å²) in [7, 11) is 3.18. The lowest BCUT2D eigenvalue weighted by Gasteiger charge is -2.19. The van der Waals surface area contributed by atoms with Crippen molar-refractivity contribution < 1.29 is 19.1 Å². The molecule has 2 rings (SSSR count). The van der Waals surface area contributed by atoms with Crippen LogP contribution in [0.15, 0.2) is 24.3 Å². The molecule has 126 valence electrons. The van der Waals surface area contributed by atoms with Crippen molar-refractivity contribution in [2.75, 3.05) is 32.3 Å². The molecule has 0 radical (unpaired) electrons. The van der Waals surface area contributed by atoms with Crippen LogP contribution in [0.5, 0.6) is 5.75 Å². The Labute approximate surface area is 135 Å². The lowest BCUT2D eigenvalue weighted by Crippen LogP contribution is -2.47. The smallest absolute Gasteiger partial charge is 0.315 e. The van der Waals surface area contributed by atoms with Gasteiger partial charge in [0.05, 0.1) is 25.8 Å². The van der Waals surface area contributed by atoms with Crippen LogP contribution in [0.4, 0.5) is 10.5 Å². The van der Waals surface area contributed by atoms with Crippen LogP contribution in [0, 0.1) is 0 Å². The van der Waals surface area contributed by atoms with Crippen molar-refractivity contribution in [2.45, 2.75) is 25.4 Å². The van der Waals surface area contributed by atoms with Crippen molar-refractivity contribution in [3.05, 3.63) is 24.3 Å². The van der Waals surface area contributed by atoms with E-state index in [-0.39, 0.29) is 30.4 Å². The molecule has 0 spiro atoms. The van der Waals surface area contributed by atoms with E-state index in [0.717, 1.165) is 11.4 Å². The summed E-state index contributed by atoms with van der Waals surface area (Å²) in [6, 6.07) is 6.70. The lowest BCUT2D eigenvalue weighted by molar-refractivity contribution is -0.117. The molecule has 0 aromatic heterocycles. The van der Waals surface area contributed by atoms with Crippen LogP contribution in [0.3, 0.4) is 0 Å². The van der Waals surface area contributed by atoms with Crippen molar-refractivity contribution >= 4 is 17.6 Å². The van der Waals surface area contributed by atoms with Crippen LogP contribution in [0.25, 0.3) is 0 Å². The summed E-state index contributed by atoms with van der Waals surface area (Å²) in [4.78, 5) is 25.7. The maximum atomic E-state index is 12.1. The van der Waals surface area contributed by atoms with E-state index in [0.29, 0.717) is 13.2 Å². The van der Waals surface area contributed by atoms with Gasteiger partial charge in [0.1, 0.15) is 5.75 Å². The average molecular weight is 321 g/mol. The third-order valence-electron chi connectivity index (χ3n) is 3.64. The zero-order chi connectivity index (χ0) is 16.8. The predicted octanol–water partition coefficient (Wildman–Crippen LogP) is 1.13. The summed E-state index contributed by atoms with van der Waals surface area (Å²) < 4.78 is 10.1. The van der Waals surface area contributed by atoms with Gasteiger partial charge in [0, 0.05) is 25.8 Å². The Kier molecular flexibility index (Phi) is 5.81. The number of methoxy groups -OCH3 is 2.